The molecule has 5 nitrogen and oxygen atoms in total. The van der Waals surface area contributed by atoms with Gasteiger partial charge in [0.15, 0.2) is 5.60 Å². The van der Waals surface area contributed by atoms with Crippen LogP contribution in [0.15, 0.2) is 59.1 Å². The third-order valence-corrected chi connectivity index (χ3v) is 8.47. The quantitative estimate of drug-likeness (QED) is 0.416. The molecule has 1 amide bonds. The van der Waals surface area contributed by atoms with Crippen LogP contribution in [0, 0.1) is 5.92 Å². The van der Waals surface area contributed by atoms with Crippen LogP contribution in [0.25, 0.3) is 0 Å². The largest absolute Gasteiger partial charge is 0.375 e. The summed E-state index contributed by atoms with van der Waals surface area (Å²) in [5, 5.41) is 11.9. The molecule has 2 aromatic rings. The van der Waals surface area contributed by atoms with Gasteiger partial charge in [-0.2, -0.15) is 0 Å². The van der Waals surface area contributed by atoms with Crippen LogP contribution in [0.1, 0.15) is 54.4 Å². The van der Waals surface area contributed by atoms with Crippen molar-refractivity contribution in [1.82, 2.24) is 4.90 Å². The lowest BCUT2D eigenvalue weighted by Gasteiger charge is -2.44. The first kappa shape index (κ1) is 25.1. The van der Waals surface area contributed by atoms with Crippen molar-refractivity contribution in [3.05, 3.63) is 70.2 Å². The van der Waals surface area contributed by atoms with Crippen LogP contribution in [-0.2, 0) is 10.4 Å². The van der Waals surface area contributed by atoms with Crippen LogP contribution in [0.4, 0.5) is 0 Å². The zero-order chi connectivity index (χ0) is 24.3. The Kier molecular flexibility index (Phi) is 7.60. The first-order valence-electron chi connectivity index (χ1n) is 12.4. The fourth-order valence-electron chi connectivity index (χ4n) is 5.80. The van der Waals surface area contributed by atoms with Crippen molar-refractivity contribution >= 4 is 27.6 Å². The second kappa shape index (κ2) is 10.3. The molecule has 1 heterocycles. The van der Waals surface area contributed by atoms with E-state index in [0.717, 1.165) is 48.6 Å². The normalized spacial score (nSPS) is 19.7. The smallest absolute Gasteiger partial charge is 0.259 e. The zero-order valence-electron chi connectivity index (χ0n) is 20.3. The number of piperidine rings is 1. The van der Waals surface area contributed by atoms with E-state index >= 15 is 0 Å². The van der Waals surface area contributed by atoms with Gasteiger partial charge in [-0.05, 0) is 30.5 Å². The van der Waals surface area contributed by atoms with Gasteiger partial charge in [0.2, 0.25) is 5.78 Å². The van der Waals surface area contributed by atoms with E-state index in [1.807, 2.05) is 59.5 Å². The van der Waals surface area contributed by atoms with Gasteiger partial charge in [0.1, 0.15) is 6.54 Å². The van der Waals surface area contributed by atoms with Crippen LogP contribution in [0.5, 0.6) is 0 Å². The molecule has 1 saturated carbocycles. The third-order valence-electron chi connectivity index (χ3n) is 7.94. The molecule has 2 aliphatic rings. The zero-order valence-corrected chi connectivity index (χ0v) is 21.8. The number of Topliss-reactive ketones (excluding diaryl/α,β-unsaturated/α-hetero) is 1. The third kappa shape index (κ3) is 5.14. The number of hydrogen-bond acceptors (Lipinski definition) is 3. The number of rotatable bonds is 7. The summed E-state index contributed by atoms with van der Waals surface area (Å²) in [4.78, 5) is 28.5. The van der Waals surface area contributed by atoms with Gasteiger partial charge >= 0.3 is 0 Å². The summed E-state index contributed by atoms with van der Waals surface area (Å²) in [5.41, 5.74) is -0.0104. The molecule has 0 aromatic heterocycles. The van der Waals surface area contributed by atoms with Crippen molar-refractivity contribution < 1.29 is 19.2 Å². The number of likely N-dealkylation sites (N-methyl/N-ethyl adjacent to an activating group) is 1. The molecule has 1 N–H and O–H groups in total. The molecular weight excluding hydrogens is 492 g/mol. The second-order valence-corrected chi connectivity index (χ2v) is 11.4. The van der Waals surface area contributed by atoms with Crippen LogP contribution in [-0.4, -0.2) is 66.0 Å². The summed E-state index contributed by atoms with van der Waals surface area (Å²) in [5.74, 6) is -0.0492. The number of benzene rings is 2. The van der Waals surface area contributed by atoms with Gasteiger partial charge < -0.3 is 14.5 Å². The van der Waals surface area contributed by atoms with Gasteiger partial charge in [0.05, 0.1) is 20.1 Å². The van der Waals surface area contributed by atoms with Gasteiger partial charge in [-0.15, -0.1) is 0 Å². The van der Waals surface area contributed by atoms with Gasteiger partial charge in [0, 0.05) is 41.9 Å². The molecule has 2 aromatic carbocycles. The molecule has 1 atom stereocenters. The van der Waals surface area contributed by atoms with Gasteiger partial charge in [-0.25, -0.2) is 0 Å². The molecule has 182 valence electrons. The van der Waals surface area contributed by atoms with Crippen LogP contribution >= 0.6 is 15.9 Å². The lowest BCUT2D eigenvalue weighted by atomic mass is 9.78. The minimum atomic E-state index is -1.45. The monoisotopic (exact) mass is 527 g/mol. The van der Waals surface area contributed by atoms with E-state index in [9.17, 15) is 14.7 Å². The molecule has 1 aliphatic heterocycles. The number of amides is 1. The lowest BCUT2D eigenvalue weighted by molar-refractivity contribution is -0.908. The first-order valence-corrected chi connectivity index (χ1v) is 13.2. The van der Waals surface area contributed by atoms with E-state index < -0.39 is 5.60 Å². The molecule has 1 aliphatic carbocycles. The standard InChI is InChI=1S/C28H36BrN2O3/c1-31(2,20-26(32)21-12-14-24(29)15-13-21)25-16-18-30(19-17-25)27(33)28(34,23-10-6-7-11-23)22-8-4-3-5-9-22/h3-5,8-9,12-15,23,25,34H,6-7,10-11,16-20H2,1-2H3/q+1. The second-order valence-electron chi connectivity index (χ2n) is 10.5. The maximum absolute atomic E-state index is 13.8. The molecule has 34 heavy (non-hydrogen) atoms. The Bertz CT molecular complexity index is 994. The number of carbonyl (C=O) groups is 2. The fraction of sp³-hybridized carbons (Fsp3) is 0.500. The number of hydrogen-bond donors (Lipinski definition) is 1. The van der Waals surface area contributed by atoms with Crippen molar-refractivity contribution in [3.8, 4) is 0 Å². The van der Waals surface area contributed by atoms with E-state index in [-0.39, 0.29) is 17.6 Å². The lowest BCUT2D eigenvalue weighted by Crippen LogP contribution is -2.59. The average molecular weight is 529 g/mol. The van der Waals surface area contributed by atoms with Crippen LogP contribution in [0.2, 0.25) is 0 Å². The number of likely N-dealkylation sites (tertiary alicyclic amines) is 1. The Morgan fingerprint density at radius 2 is 1.56 bits per heavy atom. The van der Waals surface area contributed by atoms with Crippen molar-refractivity contribution in [3.63, 3.8) is 0 Å². The molecule has 6 heteroatoms. The van der Waals surface area contributed by atoms with Crippen molar-refractivity contribution in [2.45, 2.75) is 50.2 Å². The molecular formula is C28H36BrN2O3+. The summed E-state index contributed by atoms with van der Waals surface area (Å²) in [6.45, 7) is 1.65. The highest BCUT2D eigenvalue weighted by molar-refractivity contribution is 9.10. The number of ketones is 1. The minimum absolute atomic E-state index is 0.0316. The van der Waals surface area contributed by atoms with Gasteiger partial charge in [0.25, 0.3) is 5.91 Å². The Balaban J connectivity index is 1.43. The number of halogens is 1. The fourth-order valence-corrected chi connectivity index (χ4v) is 6.07. The number of carbonyl (C=O) groups excluding carboxylic acids is 2. The Morgan fingerprint density at radius 3 is 2.15 bits per heavy atom. The number of nitrogens with zero attached hydrogens (tertiary/aromatic N) is 2. The van der Waals surface area contributed by atoms with Crippen molar-refractivity contribution in [2.24, 2.45) is 5.92 Å². The minimum Gasteiger partial charge on any atom is -0.375 e. The highest BCUT2D eigenvalue weighted by Crippen LogP contribution is 2.42. The van der Waals surface area contributed by atoms with Crippen molar-refractivity contribution in [2.75, 3.05) is 33.7 Å². The highest BCUT2D eigenvalue weighted by atomic mass is 79.9. The molecule has 0 bridgehead atoms. The Hall–Kier alpha value is -2.02. The maximum atomic E-state index is 13.8. The van der Waals surface area contributed by atoms with E-state index in [1.165, 1.54) is 0 Å². The van der Waals surface area contributed by atoms with Gasteiger partial charge in [-0.1, -0.05) is 71.2 Å². The number of aliphatic hydroxyl groups is 1. The molecule has 4 rings (SSSR count). The maximum Gasteiger partial charge on any atom is 0.259 e. The predicted molar refractivity (Wildman–Crippen MR) is 137 cm³/mol. The topological polar surface area (TPSA) is 57.6 Å². The summed E-state index contributed by atoms with van der Waals surface area (Å²) in [6, 6.07) is 17.3. The highest BCUT2D eigenvalue weighted by Gasteiger charge is 2.49. The van der Waals surface area contributed by atoms with Crippen LogP contribution in [0.3, 0.4) is 0 Å². The summed E-state index contributed by atoms with van der Waals surface area (Å²) in [6.07, 6.45) is 5.54. The van der Waals surface area contributed by atoms with E-state index in [0.29, 0.717) is 35.7 Å². The number of quaternary nitrogens is 1. The van der Waals surface area contributed by atoms with Crippen LogP contribution < -0.4 is 0 Å². The molecule has 0 radical (unpaired) electrons. The average Bonchev–Trinajstić information content (AvgIpc) is 3.39. The Labute approximate surface area is 211 Å². The molecule has 1 unspecified atom stereocenters. The van der Waals surface area contributed by atoms with E-state index in [4.69, 9.17) is 0 Å². The molecule has 1 saturated heterocycles. The molecule has 2 fully saturated rings. The molecule has 0 spiro atoms. The summed E-state index contributed by atoms with van der Waals surface area (Å²) >= 11 is 3.42. The van der Waals surface area contributed by atoms with Crippen molar-refractivity contribution in [1.29, 1.82) is 0 Å². The summed E-state index contributed by atoms with van der Waals surface area (Å²) in [7, 11) is 4.22. The predicted octanol–water partition coefficient (Wildman–Crippen LogP) is 4.78. The van der Waals surface area contributed by atoms with E-state index in [1.54, 1.807) is 0 Å². The Morgan fingerprint density at radius 1 is 0.971 bits per heavy atom. The first-order chi connectivity index (χ1) is 16.2. The van der Waals surface area contributed by atoms with Gasteiger partial charge in [-0.3, -0.25) is 9.59 Å². The van der Waals surface area contributed by atoms with E-state index in [2.05, 4.69) is 30.0 Å². The SMILES string of the molecule is C[N+](C)(CC(=O)c1ccc(Br)cc1)C1CCN(C(=O)C(O)(c2ccccc2)C2CCCC2)CC1. The summed E-state index contributed by atoms with van der Waals surface area (Å²) < 4.78 is 1.56.